The number of rotatable bonds is 6. The maximum absolute atomic E-state index is 12.4. The zero-order valence-corrected chi connectivity index (χ0v) is 16.9. The Morgan fingerprint density at radius 3 is 2.36 bits per heavy atom. The predicted molar refractivity (Wildman–Crippen MR) is 108 cm³/mol. The third kappa shape index (κ3) is 5.16. The molecule has 1 aromatic carbocycles. The van der Waals surface area contributed by atoms with Gasteiger partial charge >= 0.3 is 5.97 Å². The summed E-state index contributed by atoms with van der Waals surface area (Å²) in [6, 6.07) is 8.63. The van der Waals surface area contributed by atoms with Crippen LogP contribution in [0.4, 0.5) is 5.69 Å². The standard InChI is InChI=1S/C21H31N3O4/c1-27-19-7-5-17(6-8-19)22-12-14-23(15-13-22)18-4-3-11-24(16-18)20(25)9-10-21(26)28-2/h5-8,18H,3-4,9-16H2,1-2H3/t18-/m1/s1. The molecule has 2 aliphatic rings. The summed E-state index contributed by atoms with van der Waals surface area (Å²) in [5.41, 5.74) is 1.23. The number of methoxy groups -OCH3 is 2. The Hall–Kier alpha value is -2.28. The zero-order chi connectivity index (χ0) is 19.9. The molecule has 0 aromatic heterocycles. The third-order valence-electron chi connectivity index (χ3n) is 5.79. The number of likely N-dealkylation sites (tertiary alicyclic amines) is 1. The van der Waals surface area contributed by atoms with Crippen LogP contribution in [0.5, 0.6) is 5.75 Å². The summed E-state index contributed by atoms with van der Waals surface area (Å²) in [4.78, 5) is 30.5. The summed E-state index contributed by atoms with van der Waals surface area (Å²) in [5, 5.41) is 0. The van der Waals surface area contributed by atoms with Crippen LogP contribution in [0.2, 0.25) is 0 Å². The molecule has 1 aromatic rings. The van der Waals surface area contributed by atoms with Gasteiger partial charge in [-0.2, -0.15) is 0 Å². The molecule has 2 saturated heterocycles. The molecule has 0 radical (unpaired) electrons. The van der Waals surface area contributed by atoms with Gasteiger partial charge in [-0.25, -0.2) is 0 Å². The molecule has 0 unspecified atom stereocenters. The lowest BCUT2D eigenvalue weighted by Gasteiger charge is -2.44. The van der Waals surface area contributed by atoms with Crippen LogP contribution in [0.15, 0.2) is 24.3 Å². The normalized spacial score (nSPS) is 20.7. The molecule has 3 rings (SSSR count). The van der Waals surface area contributed by atoms with Crippen LogP contribution in [0, 0.1) is 0 Å². The monoisotopic (exact) mass is 389 g/mol. The maximum Gasteiger partial charge on any atom is 0.306 e. The second kappa shape index (κ2) is 9.78. The average molecular weight is 389 g/mol. The van der Waals surface area contributed by atoms with Crippen LogP contribution in [0.1, 0.15) is 25.7 Å². The molecule has 2 aliphatic heterocycles. The Morgan fingerprint density at radius 1 is 1.00 bits per heavy atom. The lowest BCUT2D eigenvalue weighted by Crippen LogP contribution is -2.55. The SMILES string of the molecule is COC(=O)CCC(=O)N1CCC[C@@H](N2CCN(c3ccc(OC)cc3)CC2)C1. The minimum atomic E-state index is -0.323. The fourth-order valence-electron chi connectivity index (χ4n) is 4.09. The zero-order valence-electron chi connectivity index (χ0n) is 16.9. The quantitative estimate of drug-likeness (QED) is 0.691. The molecule has 154 valence electrons. The highest BCUT2D eigenvalue weighted by atomic mass is 16.5. The van der Waals surface area contributed by atoms with Gasteiger partial charge in [-0.1, -0.05) is 0 Å². The Balaban J connectivity index is 1.48. The van der Waals surface area contributed by atoms with E-state index in [1.807, 2.05) is 17.0 Å². The number of hydrogen-bond donors (Lipinski definition) is 0. The molecule has 0 spiro atoms. The van der Waals surface area contributed by atoms with Gasteiger partial charge in [0.1, 0.15) is 5.75 Å². The van der Waals surface area contributed by atoms with Crippen LogP contribution < -0.4 is 9.64 Å². The number of amides is 1. The van der Waals surface area contributed by atoms with E-state index in [0.29, 0.717) is 6.04 Å². The van der Waals surface area contributed by atoms with Crippen molar-refractivity contribution in [3.05, 3.63) is 24.3 Å². The Kier molecular flexibility index (Phi) is 7.14. The summed E-state index contributed by atoms with van der Waals surface area (Å²) in [6.07, 6.45) is 2.55. The van der Waals surface area contributed by atoms with Gasteiger partial charge in [0.05, 0.1) is 20.6 Å². The van der Waals surface area contributed by atoms with E-state index in [9.17, 15) is 9.59 Å². The molecule has 1 amide bonds. The first-order valence-electron chi connectivity index (χ1n) is 10.1. The fourth-order valence-corrected chi connectivity index (χ4v) is 4.09. The van der Waals surface area contributed by atoms with Crippen molar-refractivity contribution in [2.75, 3.05) is 58.4 Å². The van der Waals surface area contributed by atoms with Crippen molar-refractivity contribution in [2.24, 2.45) is 0 Å². The lowest BCUT2D eigenvalue weighted by atomic mass is 10.0. The van der Waals surface area contributed by atoms with E-state index in [-0.39, 0.29) is 24.7 Å². The molecule has 0 aliphatic carbocycles. The molecule has 2 fully saturated rings. The number of hydrogen-bond acceptors (Lipinski definition) is 6. The summed E-state index contributed by atoms with van der Waals surface area (Å²) in [7, 11) is 3.04. The predicted octanol–water partition coefficient (Wildman–Crippen LogP) is 1.76. The van der Waals surface area contributed by atoms with Crippen molar-refractivity contribution in [1.29, 1.82) is 0 Å². The van der Waals surface area contributed by atoms with Crippen molar-refractivity contribution in [3.8, 4) is 5.75 Å². The average Bonchev–Trinajstić information content (AvgIpc) is 2.77. The molecular formula is C21H31N3O4. The topological polar surface area (TPSA) is 62.3 Å². The molecule has 7 heteroatoms. The number of piperazine rings is 1. The van der Waals surface area contributed by atoms with E-state index < -0.39 is 0 Å². The van der Waals surface area contributed by atoms with Crippen LogP contribution >= 0.6 is 0 Å². The molecular weight excluding hydrogens is 358 g/mol. The van der Waals surface area contributed by atoms with E-state index in [2.05, 4.69) is 26.7 Å². The second-order valence-electron chi connectivity index (χ2n) is 7.43. The van der Waals surface area contributed by atoms with Crippen LogP contribution in [-0.4, -0.2) is 81.2 Å². The minimum absolute atomic E-state index is 0.0620. The van der Waals surface area contributed by atoms with Gasteiger partial charge in [-0.3, -0.25) is 14.5 Å². The number of piperidine rings is 1. The second-order valence-corrected chi connectivity index (χ2v) is 7.43. The molecule has 28 heavy (non-hydrogen) atoms. The number of benzene rings is 1. The van der Waals surface area contributed by atoms with E-state index in [1.165, 1.54) is 12.8 Å². The number of anilines is 1. The van der Waals surface area contributed by atoms with Gasteiger partial charge in [-0.05, 0) is 37.1 Å². The Morgan fingerprint density at radius 2 is 1.71 bits per heavy atom. The highest BCUT2D eigenvalue weighted by molar-refractivity contribution is 5.81. The minimum Gasteiger partial charge on any atom is -0.497 e. The number of nitrogens with zero attached hydrogens (tertiary/aromatic N) is 3. The Bertz CT molecular complexity index is 656. The highest BCUT2D eigenvalue weighted by Gasteiger charge is 2.30. The van der Waals surface area contributed by atoms with E-state index in [4.69, 9.17) is 4.74 Å². The molecule has 0 N–H and O–H groups in total. The molecule has 0 saturated carbocycles. The van der Waals surface area contributed by atoms with Crippen LogP contribution in [-0.2, 0) is 14.3 Å². The first-order valence-corrected chi connectivity index (χ1v) is 10.1. The number of ether oxygens (including phenoxy) is 2. The summed E-state index contributed by atoms with van der Waals surface area (Å²) in [6.45, 7) is 5.53. The van der Waals surface area contributed by atoms with Gasteiger partial charge < -0.3 is 19.3 Å². The molecule has 2 heterocycles. The number of esters is 1. The van der Waals surface area contributed by atoms with Crippen molar-refractivity contribution < 1.29 is 19.1 Å². The first-order chi connectivity index (χ1) is 13.6. The van der Waals surface area contributed by atoms with Crippen molar-refractivity contribution in [1.82, 2.24) is 9.80 Å². The van der Waals surface area contributed by atoms with E-state index >= 15 is 0 Å². The van der Waals surface area contributed by atoms with Gasteiger partial charge in [-0.15, -0.1) is 0 Å². The number of carbonyl (C=O) groups is 2. The fraction of sp³-hybridized carbons (Fsp3) is 0.619. The summed E-state index contributed by atoms with van der Waals surface area (Å²) < 4.78 is 9.87. The summed E-state index contributed by atoms with van der Waals surface area (Å²) in [5.74, 6) is 0.616. The van der Waals surface area contributed by atoms with Crippen molar-refractivity contribution >= 4 is 17.6 Å². The van der Waals surface area contributed by atoms with Gasteiger partial charge in [0.15, 0.2) is 0 Å². The van der Waals surface area contributed by atoms with Gasteiger partial charge in [0.25, 0.3) is 0 Å². The molecule has 0 bridgehead atoms. The highest BCUT2D eigenvalue weighted by Crippen LogP contribution is 2.23. The first kappa shape index (κ1) is 20.5. The largest absolute Gasteiger partial charge is 0.497 e. The molecule has 1 atom stereocenters. The van der Waals surface area contributed by atoms with Gasteiger partial charge in [0.2, 0.25) is 5.91 Å². The van der Waals surface area contributed by atoms with Crippen LogP contribution in [0.3, 0.4) is 0 Å². The maximum atomic E-state index is 12.4. The van der Waals surface area contributed by atoms with Gasteiger partial charge in [0, 0.05) is 57.4 Å². The van der Waals surface area contributed by atoms with Crippen molar-refractivity contribution in [2.45, 2.75) is 31.7 Å². The van der Waals surface area contributed by atoms with E-state index in [1.54, 1.807) is 7.11 Å². The van der Waals surface area contributed by atoms with Crippen LogP contribution in [0.25, 0.3) is 0 Å². The smallest absolute Gasteiger partial charge is 0.306 e. The number of carbonyl (C=O) groups excluding carboxylic acids is 2. The summed E-state index contributed by atoms with van der Waals surface area (Å²) >= 11 is 0. The van der Waals surface area contributed by atoms with E-state index in [0.717, 1.165) is 57.9 Å². The van der Waals surface area contributed by atoms with Crippen molar-refractivity contribution in [3.63, 3.8) is 0 Å². The lowest BCUT2D eigenvalue weighted by molar-refractivity contribution is -0.144. The third-order valence-corrected chi connectivity index (χ3v) is 5.79. The Labute approximate surface area is 167 Å². The molecule has 7 nitrogen and oxygen atoms in total.